The Hall–Kier alpha value is -4.26. The number of hydrogen-bond acceptors (Lipinski definition) is 5. The number of benzene rings is 3. The number of aryl methyl sites for hydroxylation is 1. The van der Waals surface area contributed by atoms with Gasteiger partial charge in [-0.1, -0.05) is 12.1 Å². The van der Waals surface area contributed by atoms with Crippen molar-refractivity contribution in [1.29, 1.82) is 0 Å². The van der Waals surface area contributed by atoms with Gasteiger partial charge in [-0.25, -0.2) is 4.39 Å². The van der Waals surface area contributed by atoms with E-state index in [4.69, 9.17) is 18.6 Å². The van der Waals surface area contributed by atoms with Crippen LogP contribution in [0, 0.1) is 12.7 Å². The maximum atomic E-state index is 13.4. The summed E-state index contributed by atoms with van der Waals surface area (Å²) in [6.45, 7) is 4.74. The molecule has 178 valence electrons. The van der Waals surface area contributed by atoms with Crippen LogP contribution in [0.25, 0.3) is 27.7 Å². The second kappa shape index (κ2) is 9.18. The summed E-state index contributed by atoms with van der Waals surface area (Å²) in [7, 11) is 1.59. The van der Waals surface area contributed by atoms with Crippen molar-refractivity contribution in [2.24, 2.45) is 0 Å². The number of ether oxygens (including phenoxy) is 3. The number of rotatable bonds is 5. The molecule has 0 fully saturated rings. The van der Waals surface area contributed by atoms with Crippen LogP contribution in [0.4, 0.5) is 10.1 Å². The monoisotopic (exact) mass is 473 g/mol. The van der Waals surface area contributed by atoms with Gasteiger partial charge in [0.15, 0.2) is 11.5 Å². The van der Waals surface area contributed by atoms with Crippen LogP contribution >= 0.6 is 0 Å². The molecule has 7 heteroatoms. The van der Waals surface area contributed by atoms with Crippen molar-refractivity contribution in [3.63, 3.8) is 0 Å². The zero-order valence-corrected chi connectivity index (χ0v) is 19.6. The molecule has 35 heavy (non-hydrogen) atoms. The van der Waals surface area contributed by atoms with Gasteiger partial charge in [0, 0.05) is 39.9 Å². The number of nitrogens with one attached hydrogen (secondary N) is 1. The molecule has 0 bridgehead atoms. The molecule has 5 rings (SSSR count). The van der Waals surface area contributed by atoms with Crippen molar-refractivity contribution in [1.82, 2.24) is 0 Å². The average molecular weight is 474 g/mol. The number of methoxy groups -OCH3 is 1. The van der Waals surface area contributed by atoms with E-state index in [1.807, 2.05) is 19.9 Å². The standard InChI is InChI=1S/C28H24FNO5/c1-16(12-26(31)30-20-8-9-24-25(13-20)34-11-10-33-24)21-14-22-23(18-4-6-19(29)7-5-18)15-35-28(22)17(2)27(21)32-3/h4-9,12-15H,10-11H2,1-3H3,(H,30,31)/b16-12+. The zero-order valence-electron chi connectivity index (χ0n) is 19.6. The molecule has 0 atom stereocenters. The van der Waals surface area contributed by atoms with Gasteiger partial charge in [-0.05, 0) is 55.3 Å². The molecule has 4 aromatic rings. The molecular weight excluding hydrogens is 449 g/mol. The first kappa shape index (κ1) is 22.5. The first-order valence-electron chi connectivity index (χ1n) is 11.2. The van der Waals surface area contributed by atoms with Gasteiger partial charge in [0.2, 0.25) is 5.91 Å². The first-order chi connectivity index (χ1) is 16.9. The predicted octanol–water partition coefficient (Wildman–Crippen LogP) is 6.37. The highest BCUT2D eigenvalue weighted by Gasteiger charge is 2.19. The summed E-state index contributed by atoms with van der Waals surface area (Å²) < 4.78 is 36.1. The van der Waals surface area contributed by atoms with E-state index < -0.39 is 0 Å². The molecule has 0 spiro atoms. The fourth-order valence-electron chi connectivity index (χ4n) is 4.30. The lowest BCUT2D eigenvalue weighted by molar-refractivity contribution is -0.111. The number of halogens is 1. The Bertz CT molecular complexity index is 1450. The fraction of sp³-hybridized carbons (Fsp3) is 0.179. The normalized spacial score (nSPS) is 13.1. The minimum Gasteiger partial charge on any atom is -0.496 e. The Morgan fingerprint density at radius 2 is 1.80 bits per heavy atom. The predicted molar refractivity (Wildman–Crippen MR) is 133 cm³/mol. The van der Waals surface area contributed by atoms with Crippen LogP contribution in [0.1, 0.15) is 18.1 Å². The Morgan fingerprint density at radius 1 is 1.06 bits per heavy atom. The lowest BCUT2D eigenvalue weighted by atomic mass is 9.96. The third kappa shape index (κ3) is 4.33. The van der Waals surface area contributed by atoms with Gasteiger partial charge in [0.05, 0.1) is 13.4 Å². The molecule has 0 saturated carbocycles. The average Bonchev–Trinajstić information content (AvgIpc) is 3.28. The molecule has 0 aliphatic carbocycles. The number of allylic oxidation sites excluding steroid dienone is 1. The molecule has 2 heterocycles. The van der Waals surface area contributed by atoms with Crippen molar-refractivity contribution in [3.8, 4) is 28.4 Å². The van der Waals surface area contributed by atoms with Crippen LogP contribution in [-0.4, -0.2) is 26.2 Å². The fourth-order valence-corrected chi connectivity index (χ4v) is 4.30. The Morgan fingerprint density at radius 3 is 2.54 bits per heavy atom. The third-order valence-corrected chi connectivity index (χ3v) is 5.99. The summed E-state index contributed by atoms with van der Waals surface area (Å²) in [4.78, 5) is 12.8. The Kier molecular flexibility index (Phi) is 5.91. The molecular formula is C28H24FNO5. The Labute approximate surface area is 201 Å². The second-order valence-electron chi connectivity index (χ2n) is 8.29. The maximum absolute atomic E-state index is 13.4. The largest absolute Gasteiger partial charge is 0.496 e. The summed E-state index contributed by atoms with van der Waals surface area (Å²) in [6.07, 6.45) is 3.18. The SMILES string of the molecule is COc1c(/C(C)=C/C(=O)Nc2ccc3c(c2)OCCO3)cc2c(-c3ccc(F)cc3)coc2c1C. The van der Waals surface area contributed by atoms with E-state index in [9.17, 15) is 9.18 Å². The molecule has 1 N–H and O–H groups in total. The number of carbonyl (C=O) groups is 1. The third-order valence-electron chi connectivity index (χ3n) is 5.99. The van der Waals surface area contributed by atoms with E-state index in [0.717, 1.165) is 27.6 Å². The van der Waals surface area contributed by atoms with Gasteiger partial charge in [-0.15, -0.1) is 0 Å². The topological polar surface area (TPSA) is 69.9 Å². The van der Waals surface area contributed by atoms with E-state index in [2.05, 4.69) is 5.32 Å². The molecule has 1 aromatic heterocycles. The highest BCUT2D eigenvalue weighted by atomic mass is 19.1. The van der Waals surface area contributed by atoms with Crippen LogP contribution < -0.4 is 19.5 Å². The summed E-state index contributed by atoms with van der Waals surface area (Å²) in [5.74, 6) is 1.29. The van der Waals surface area contributed by atoms with Crippen molar-refractivity contribution >= 4 is 28.1 Å². The van der Waals surface area contributed by atoms with E-state index in [1.165, 1.54) is 18.2 Å². The number of anilines is 1. The smallest absolute Gasteiger partial charge is 0.248 e. The van der Waals surface area contributed by atoms with E-state index >= 15 is 0 Å². The van der Waals surface area contributed by atoms with Crippen molar-refractivity contribution in [2.45, 2.75) is 13.8 Å². The number of hydrogen-bond donors (Lipinski definition) is 1. The highest BCUT2D eigenvalue weighted by molar-refractivity contribution is 6.06. The number of amides is 1. The van der Waals surface area contributed by atoms with Crippen molar-refractivity contribution in [2.75, 3.05) is 25.6 Å². The number of furan rings is 1. The lowest BCUT2D eigenvalue weighted by Gasteiger charge is -2.18. The second-order valence-corrected chi connectivity index (χ2v) is 8.29. The van der Waals surface area contributed by atoms with Crippen molar-refractivity contribution < 1.29 is 27.8 Å². The van der Waals surface area contributed by atoms with Crippen LogP contribution in [-0.2, 0) is 4.79 Å². The van der Waals surface area contributed by atoms with Gasteiger partial charge >= 0.3 is 0 Å². The van der Waals surface area contributed by atoms with Gasteiger partial charge in [-0.2, -0.15) is 0 Å². The molecule has 0 radical (unpaired) electrons. The molecule has 0 unspecified atom stereocenters. The van der Waals surface area contributed by atoms with Gasteiger partial charge in [0.25, 0.3) is 0 Å². The van der Waals surface area contributed by atoms with E-state index in [-0.39, 0.29) is 11.7 Å². The molecule has 3 aromatic carbocycles. The molecule has 1 aliphatic heterocycles. The van der Waals surface area contributed by atoms with Gasteiger partial charge in [-0.3, -0.25) is 4.79 Å². The minimum absolute atomic E-state index is 0.287. The summed E-state index contributed by atoms with van der Waals surface area (Å²) in [5.41, 5.74) is 5.24. The molecule has 6 nitrogen and oxygen atoms in total. The molecule has 0 saturated heterocycles. The maximum Gasteiger partial charge on any atom is 0.248 e. The number of carbonyl (C=O) groups excluding carboxylic acids is 1. The highest BCUT2D eigenvalue weighted by Crippen LogP contribution is 2.40. The zero-order chi connectivity index (χ0) is 24.5. The minimum atomic E-state index is -0.303. The number of fused-ring (bicyclic) bond motifs is 2. The summed E-state index contributed by atoms with van der Waals surface area (Å²) in [6, 6.07) is 13.5. The molecule has 1 aliphatic rings. The molecule has 1 amide bonds. The van der Waals surface area contributed by atoms with E-state index in [0.29, 0.717) is 47.3 Å². The van der Waals surface area contributed by atoms with Crippen LogP contribution in [0.5, 0.6) is 17.2 Å². The van der Waals surface area contributed by atoms with E-state index in [1.54, 1.807) is 43.7 Å². The van der Waals surface area contributed by atoms with Crippen LogP contribution in [0.2, 0.25) is 0 Å². The van der Waals surface area contributed by atoms with Gasteiger partial charge in [0.1, 0.15) is 30.4 Å². The first-order valence-corrected chi connectivity index (χ1v) is 11.2. The lowest BCUT2D eigenvalue weighted by Crippen LogP contribution is -2.16. The quantitative estimate of drug-likeness (QED) is 0.341. The van der Waals surface area contributed by atoms with Crippen molar-refractivity contribution in [3.05, 3.63) is 77.8 Å². The van der Waals surface area contributed by atoms with Crippen LogP contribution in [0.3, 0.4) is 0 Å². The summed E-state index contributed by atoms with van der Waals surface area (Å²) in [5, 5.41) is 3.73. The van der Waals surface area contributed by atoms with Gasteiger partial charge < -0.3 is 23.9 Å². The summed E-state index contributed by atoms with van der Waals surface area (Å²) >= 11 is 0. The van der Waals surface area contributed by atoms with Crippen LogP contribution in [0.15, 0.2) is 65.3 Å². The Balaban J connectivity index is 1.49.